The average Bonchev–Trinajstić information content (AvgIpc) is 3.19. The Balaban J connectivity index is 1.49. The van der Waals surface area contributed by atoms with Crippen LogP contribution in [0.1, 0.15) is 42.2 Å². The minimum absolute atomic E-state index is 0.296. The van der Waals surface area contributed by atoms with Gasteiger partial charge in [0.1, 0.15) is 0 Å². The van der Waals surface area contributed by atoms with Crippen molar-refractivity contribution in [2.75, 3.05) is 13.1 Å². The van der Waals surface area contributed by atoms with E-state index in [4.69, 9.17) is 0 Å². The second-order valence-corrected chi connectivity index (χ2v) is 7.10. The number of aryl methyl sites for hydroxylation is 2. The normalized spacial score (nSPS) is 18.6. The van der Waals surface area contributed by atoms with Crippen molar-refractivity contribution in [3.05, 3.63) is 40.3 Å². The number of hydrogen-bond acceptors (Lipinski definition) is 3. The summed E-state index contributed by atoms with van der Waals surface area (Å²) >= 11 is 1.77. The average molecular weight is 317 g/mol. The van der Waals surface area contributed by atoms with Gasteiger partial charge in [-0.1, -0.05) is 6.07 Å². The van der Waals surface area contributed by atoms with E-state index in [2.05, 4.69) is 35.7 Å². The van der Waals surface area contributed by atoms with E-state index < -0.39 is 0 Å². The number of carbonyl (C=O) groups is 1. The minimum atomic E-state index is 0.296. The van der Waals surface area contributed by atoms with E-state index in [1.54, 1.807) is 11.3 Å². The monoisotopic (exact) mass is 317 g/mol. The van der Waals surface area contributed by atoms with Gasteiger partial charge in [0.05, 0.1) is 12.2 Å². The van der Waals surface area contributed by atoms with Crippen molar-refractivity contribution in [2.24, 2.45) is 0 Å². The maximum Gasteiger partial charge on any atom is 0.222 e. The summed E-state index contributed by atoms with van der Waals surface area (Å²) in [5, 5.41) is 6.50. The number of rotatable bonds is 5. The Morgan fingerprint density at radius 1 is 1.50 bits per heavy atom. The molecule has 0 bridgehead atoms. The Labute approximate surface area is 135 Å². The topological polar surface area (TPSA) is 38.1 Å². The van der Waals surface area contributed by atoms with E-state index in [-0.39, 0.29) is 0 Å². The van der Waals surface area contributed by atoms with Crippen molar-refractivity contribution in [3.63, 3.8) is 0 Å². The molecule has 0 aliphatic carbocycles. The van der Waals surface area contributed by atoms with Gasteiger partial charge >= 0.3 is 0 Å². The Morgan fingerprint density at radius 2 is 2.41 bits per heavy atom. The molecule has 1 fully saturated rings. The van der Waals surface area contributed by atoms with Crippen LogP contribution in [0.5, 0.6) is 0 Å². The molecule has 3 rings (SSSR count). The van der Waals surface area contributed by atoms with E-state index in [9.17, 15) is 4.79 Å². The molecular weight excluding hydrogens is 294 g/mol. The first-order chi connectivity index (χ1) is 10.7. The summed E-state index contributed by atoms with van der Waals surface area (Å²) in [5.41, 5.74) is 1.18. The highest BCUT2D eigenvalue weighted by atomic mass is 32.1. The van der Waals surface area contributed by atoms with Crippen molar-refractivity contribution in [2.45, 2.75) is 45.1 Å². The number of thiophene rings is 1. The van der Waals surface area contributed by atoms with Gasteiger partial charge in [-0.3, -0.25) is 9.48 Å². The predicted octanol–water partition coefficient (Wildman–Crippen LogP) is 3.44. The van der Waals surface area contributed by atoms with Gasteiger partial charge in [-0.15, -0.1) is 11.3 Å². The Kier molecular flexibility index (Phi) is 4.93. The maximum atomic E-state index is 12.4. The smallest absolute Gasteiger partial charge is 0.222 e. The molecule has 2 aromatic heterocycles. The van der Waals surface area contributed by atoms with E-state index in [0.29, 0.717) is 18.4 Å². The first-order valence-corrected chi connectivity index (χ1v) is 8.91. The molecule has 2 aromatic rings. The molecule has 1 aliphatic heterocycles. The van der Waals surface area contributed by atoms with Gasteiger partial charge in [-0.2, -0.15) is 5.10 Å². The molecular formula is C17H23N3OS. The lowest BCUT2D eigenvalue weighted by molar-refractivity contribution is -0.133. The number of nitrogens with zero attached hydrogens (tertiary/aromatic N) is 3. The lowest BCUT2D eigenvalue weighted by Gasteiger charge is -2.33. The van der Waals surface area contributed by atoms with Gasteiger partial charge in [-0.25, -0.2) is 0 Å². The quantitative estimate of drug-likeness (QED) is 0.847. The third-order valence-electron chi connectivity index (χ3n) is 4.25. The Hall–Kier alpha value is -1.62. The van der Waals surface area contributed by atoms with Crippen molar-refractivity contribution in [1.29, 1.82) is 0 Å². The Bertz CT molecular complexity index is 605. The number of aromatic nitrogens is 2. The molecule has 1 atom stereocenters. The molecule has 1 aliphatic rings. The predicted molar refractivity (Wildman–Crippen MR) is 89.1 cm³/mol. The van der Waals surface area contributed by atoms with Gasteiger partial charge in [0.2, 0.25) is 5.91 Å². The molecule has 1 saturated heterocycles. The van der Waals surface area contributed by atoms with Crippen LogP contribution in [-0.2, 0) is 11.2 Å². The molecule has 0 spiro atoms. The standard InChI is InChI=1S/C17H23N3OS/c1-14-11-18-20(12-14)15-5-3-9-19(13-15)17(21)8-2-6-16-7-4-10-22-16/h4,7,10-12,15H,2-3,5-6,8-9,13H2,1H3/t15-/m1/s1. The summed E-state index contributed by atoms with van der Waals surface area (Å²) < 4.78 is 2.03. The van der Waals surface area contributed by atoms with Crippen LogP contribution in [-0.4, -0.2) is 33.7 Å². The fraction of sp³-hybridized carbons (Fsp3) is 0.529. The molecule has 0 aromatic carbocycles. The van der Waals surface area contributed by atoms with E-state index >= 15 is 0 Å². The summed E-state index contributed by atoms with van der Waals surface area (Å²) in [4.78, 5) is 15.8. The molecule has 0 radical (unpaired) electrons. The van der Waals surface area contributed by atoms with Gasteiger partial charge in [0.15, 0.2) is 0 Å². The van der Waals surface area contributed by atoms with Gasteiger partial charge in [-0.05, 0) is 49.6 Å². The third kappa shape index (κ3) is 3.77. The highest BCUT2D eigenvalue weighted by Crippen LogP contribution is 2.22. The fourth-order valence-corrected chi connectivity index (χ4v) is 3.81. The minimum Gasteiger partial charge on any atom is -0.341 e. The van der Waals surface area contributed by atoms with Gasteiger partial charge < -0.3 is 4.90 Å². The van der Waals surface area contributed by atoms with E-state index in [1.165, 1.54) is 10.4 Å². The van der Waals surface area contributed by atoms with Crippen molar-refractivity contribution >= 4 is 17.2 Å². The summed E-state index contributed by atoms with van der Waals surface area (Å²) in [5.74, 6) is 0.296. The van der Waals surface area contributed by atoms with Crippen LogP contribution in [0.2, 0.25) is 0 Å². The number of likely N-dealkylation sites (tertiary alicyclic amines) is 1. The first kappa shape index (κ1) is 15.3. The molecule has 5 heteroatoms. The highest BCUT2D eigenvalue weighted by Gasteiger charge is 2.24. The van der Waals surface area contributed by atoms with Crippen molar-refractivity contribution in [3.8, 4) is 0 Å². The number of hydrogen-bond donors (Lipinski definition) is 0. The van der Waals surface area contributed by atoms with Crippen LogP contribution in [0.4, 0.5) is 0 Å². The largest absolute Gasteiger partial charge is 0.341 e. The SMILES string of the molecule is Cc1cnn([C@@H]2CCCN(C(=O)CCCc3cccs3)C2)c1. The molecule has 22 heavy (non-hydrogen) atoms. The first-order valence-electron chi connectivity index (χ1n) is 8.03. The fourth-order valence-electron chi connectivity index (χ4n) is 3.06. The Morgan fingerprint density at radius 3 is 3.14 bits per heavy atom. The molecule has 0 N–H and O–H groups in total. The summed E-state index contributed by atoms with van der Waals surface area (Å²) in [7, 11) is 0. The zero-order valence-corrected chi connectivity index (χ0v) is 13.9. The summed E-state index contributed by atoms with van der Waals surface area (Å²) in [6, 6.07) is 4.55. The van der Waals surface area contributed by atoms with E-state index in [0.717, 1.165) is 38.8 Å². The maximum absolute atomic E-state index is 12.4. The number of amides is 1. The van der Waals surface area contributed by atoms with Crippen LogP contribution >= 0.6 is 11.3 Å². The molecule has 0 unspecified atom stereocenters. The van der Waals surface area contributed by atoms with Crippen LogP contribution in [0.25, 0.3) is 0 Å². The summed E-state index contributed by atoms with van der Waals surface area (Å²) in [6.07, 6.45) is 8.76. The van der Waals surface area contributed by atoms with E-state index in [1.807, 2.05) is 15.8 Å². The molecule has 1 amide bonds. The molecule has 0 saturated carbocycles. The van der Waals surface area contributed by atoms with Crippen molar-refractivity contribution in [1.82, 2.24) is 14.7 Å². The number of piperidine rings is 1. The van der Waals surface area contributed by atoms with Crippen LogP contribution in [0.15, 0.2) is 29.9 Å². The lowest BCUT2D eigenvalue weighted by atomic mass is 10.0. The lowest BCUT2D eigenvalue weighted by Crippen LogP contribution is -2.40. The second-order valence-electron chi connectivity index (χ2n) is 6.07. The van der Waals surface area contributed by atoms with Crippen LogP contribution in [0.3, 0.4) is 0 Å². The molecule has 4 nitrogen and oxygen atoms in total. The summed E-state index contributed by atoms with van der Waals surface area (Å²) in [6.45, 7) is 3.76. The van der Waals surface area contributed by atoms with Gasteiger partial charge in [0, 0.05) is 30.6 Å². The van der Waals surface area contributed by atoms with Crippen LogP contribution in [0, 0.1) is 6.92 Å². The van der Waals surface area contributed by atoms with Crippen LogP contribution < -0.4 is 0 Å². The zero-order valence-electron chi connectivity index (χ0n) is 13.1. The molecule has 3 heterocycles. The molecule has 118 valence electrons. The number of carbonyl (C=O) groups excluding carboxylic acids is 1. The zero-order chi connectivity index (χ0) is 15.4. The highest BCUT2D eigenvalue weighted by molar-refractivity contribution is 7.09. The third-order valence-corrected chi connectivity index (χ3v) is 5.18. The van der Waals surface area contributed by atoms with Gasteiger partial charge in [0.25, 0.3) is 0 Å². The van der Waals surface area contributed by atoms with Crippen molar-refractivity contribution < 1.29 is 4.79 Å². The second kappa shape index (κ2) is 7.09.